The van der Waals surface area contributed by atoms with Crippen molar-refractivity contribution in [3.63, 3.8) is 0 Å². The van der Waals surface area contributed by atoms with Crippen LogP contribution in [0.4, 0.5) is 0 Å². The SMILES string of the molecule is CC(C)C(N)C(=O)O.NC(Cc1ccc(O)cc1)C(=O)O.NCCCCC(N)C(=O)O. The second-order valence-electron chi connectivity index (χ2n) is 7.15. The van der Waals surface area contributed by atoms with Crippen molar-refractivity contribution in [2.45, 2.75) is 57.7 Å². The fraction of sp³-hybridized carbons (Fsp3) is 0.550. The van der Waals surface area contributed by atoms with E-state index in [4.69, 9.17) is 43.4 Å². The highest BCUT2D eigenvalue weighted by molar-refractivity contribution is 5.74. The minimum absolute atomic E-state index is 0.0208. The van der Waals surface area contributed by atoms with Crippen molar-refractivity contribution in [2.24, 2.45) is 28.9 Å². The normalized spacial score (nSPS) is 13.0. The molecule has 1 aromatic carbocycles. The lowest BCUT2D eigenvalue weighted by atomic mass is 10.1. The number of benzene rings is 1. The van der Waals surface area contributed by atoms with Crippen LogP contribution in [0.2, 0.25) is 0 Å². The zero-order valence-corrected chi connectivity index (χ0v) is 18.0. The van der Waals surface area contributed by atoms with E-state index in [9.17, 15) is 14.4 Å². The van der Waals surface area contributed by atoms with E-state index in [1.54, 1.807) is 26.0 Å². The number of nitrogens with two attached hydrogens (primary N) is 4. The molecule has 0 radical (unpaired) electrons. The largest absolute Gasteiger partial charge is 0.508 e. The summed E-state index contributed by atoms with van der Waals surface area (Å²) in [5, 5.41) is 34.0. The number of carbonyl (C=O) groups is 3. The first kappa shape index (κ1) is 30.5. The van der Waals surface area contributed by atoms with Gasteiger partial charge < -0.3 is 43.4 Å². The molecule has 1 aromatic rings. The van der Waals surface area contributed by atoms with Gasteiger partial charge in [-0.2, -0.15) is 0 Å². The van der Waals surface area contributed by atoms with Gasteiger partial charge in [0, 0.05) is 0 Å². The highest BCUT2D eigenvalue weighted by Gasteiger charge is 2.14. The number of carboxylic acids is 3. The van der Waals surface area contributed by atoms with Crippen LogP contribution in [0.25, 0.3) is 0 Å². The minimum Gasteiger partial charge on any atom is -0.508 e. The molecule has 0 amide bonds. The van der Waals surface area contributed by atoms with Gasteiger partial charge in [0.25, 0.3) is 0 Å². The molecule has 3 unspecified atom stereocenters. The molecule has 3 atom stereocenters. The summed E-state index contributed by atoms with van der Waals surface area (Å²) in [6.45, 7) is 4.16. The lowest BCUT2D eigenvalue weighted by Crippen LogP contribution is -2.34. The van der Waals surface area contributed by atoms with Crippen LogP contribution in [0.5, 0.6) is 5.75 Å². The number of aromatic hydroxyl groups is 1. The van der Waals surface area contributed by atoms with Gasteiger partial charge >= 0.3 is 17.9 Å². The van der Waals surface area contributed by atoms with Crippen molar-refractivity contribution in [3.05, 3.63) is 29.8 Å². The average Bonchev–Trinajstić information content (AvgIpc) is 2.69. The molecule has 0 aliphatic carbocycles. The summed E-state index contributed by atoms with van der Waals surface area (Å²) in [7, 11) is 0. The molecule has 0 bridgehead atoms. The van der Waals surface area contributed by atoms with E-state index in [0.717, 1.165) is 18.4 Å². The van der Waals surface area contributed by atoms with Crippen LogP contribution in [0, 0.1) is 5.92 Å². The van der Waals surface area contributed by atoms with Crippen molar-refractivity contribution in [2.75, 3.05) is 6.54 Å². The van der Waals surface area contributed by atoms with Gasteiger partial charge in [-0.15, -0.1) is 0 Å². The maximum Gasteiger partial charge on any atom is 0.320 e. The van der Waals surface area contributed by atoms with Gasteiger partial charge in [-0.1, -0.05) is 32.4 Å². The average molecular weight is 445 g/mol. The number of phenols is 1. The molecule has 1 rings (SSSR count). The van der Waals surface area contributed by atoms with E-state index in [-0.39, 0.29) is 18.1 Å². The summed E-state index contributed by atoms with van der Waals surface area (Å²) in [5.41, 5.74) is 21.7. The van der Waals surface area contributed by atoms with Gasteiger partial charge in [0.05, 0.1) is 0 Å². The van der Waals surface area contributed by atoms with E-state index < -0.39 is 36.0 Å². The minimum atomic E-state index is -1.02. The lowest BCUT2D eigenvalue weighted by molar-refractivity contribution is -0.140. The molecule has 11 nitrogen and oxygen atoms in total. The number of hydrogen-bond acceptors (Lipinski definition) is 8. The number of carboxylic acid groups (broad SMARTS) is 3. The molecule has 31 heavy (non-hydrogen) atoms. The van der Waals surface area contributed by atoms with Crippen LogP contribution in [-0.2, 0) is 20.8 Å². The van der Waals surface area contributed by atoms with Gasteiger partial charge in [-0.3, -0.25) is 14.4 Å². The summed E-state index contributed by atoms with van der Waals surface area (Å²) in [6, 6.07) is 4.00. The predicted octanol–water partition coefficient (Wildman–Crippen LogP) is -0.0718. The Labute approximate surface area is 182 Å². The van der Waals surface area contributed by atoms with Crippen LogP contribution in [0.3, 0.4) is 0 Å². The van der Waals surface area contributed by atoms with E-state index in [1.165, 1.54) is 12.1 Å². The van der Waals surface area contributed by atoms with Gasteiger partial charge in [0.15, 0.2) is 0 Å². The number of rotatable bonds is 10. The van der Waals surface area contributed by atoms with Crippen LogP contribution in [-0.4, -0.2) is 63.0 Å². The van der Waals surface area contributed by atoms with Gasteiger partial charge in [-0.05, 0) is 49.4 Å². The fourth-order valence-electron chi connectivity index (χ4n) is 1.89. The smallest absolute Gasteiger partial charge is 0.320 e. The molecule has 0 aliphatic rings. The summed E-state index contributed by atoms with van der Waals surface area (Å²) < 4.78 is 0. The molecule has 0 aliphatic heterocycles. The molecule has 0 aromatic heterocycles. The maximum absolute atomic E-state index is 10.4. The van der Waals surface area contributed by atoms with Crippen molar-refractivity contribution in [3.8, 4) is 5.75 Å². The zero-order chi connectivity index (χ0) is 24.6. The first-order valence-electron chi connectivity index (χ1n) is 9.76. The Balaban J connectivity index is 0. The third-order valence-electron chi connectivity index (χ3n) is 4.00. The molecule has 11 heteroatoms. The van der Waals surface area contributed by atoms with Gasteiger partial charge in [0.1, 0.15) is 23.9 Å². The molecule has 0 fully saturated rings. The molecule has 0 spiro atoms. The molecular formula is C20H36N4O7. The fourth-order valence-corrected chi connectivity index (χ4v) is 1.89. The molecule has 12 N–H and O–H groups in total. The summed E-state index contributed by atoms with van der Waals surface area (Å²) in [5.74, 6) is -2.70. The molecule has 0 saturated heterocycles. The first-order chi connectivity index (χ1) is 14.3. The quantitative estimate of drug-likeness (QED) is 0.222. The van der Waals surface area contributed by atoms with Gasteiger partial charge in [0.2, 0.25) is 0 Å². The Kier molecular flexibility index (Phi) is 16.7. The van der Waals surface area contributed by atoms with Crippen molar-refractivity contribution < 1.29 is 34.8 Å². The Morgan fingerprint density at radius 1 is 0.839 bits per heavy atom. The lowest BCUT2D eigenvalue weighted by Gasteiger charge is -2.07. The van der Waals surface area contributed by atoms with E-state index >= 15 is 0 Å². The Morgan fingerprint density at radius 2 is 1.32 bits per heavy atom. The predicted molar refractivity (Wildman–Crippen MR) is 116 cm³/mol. The van der Waals surface area contributed by atoms with Crippen molar-refractivity contribution in [1.82, 2.24) is 0 Å². The first-order valence-corrected chi connectivity index (χ1v) is 9.76. The standard InChI is InChI=1S/C9H11NO3.C6H14N2O2.C5H11NO2/c10-8(9(12)13)5-6-1-3-7(11)4-2-6;7-4-2-1-3-5(8)6(9)10;1-3(2)4(6)5(7)8/h1-4,8,11H,5,10H2,(H,12,13);5H,1-4,7-8H2,(H,9,10);3-4H,6H2,1-2H3,(H,7,8). The number of aliphatic carboxylic acids is 3. The maximum atomic E-state index is 10.4. The summed E-state index contributed by atoms with van der Waals surface area (Å²) >= 11 is 0. The second-order valence-corrected chi connectivity index (χ2v) is 7.15. The number of hydrogen-bond donors (Lipinski definition) is 8. The highest BCUT2D eigenvalue weighted by Crippen LogP contribution is 2.10. The van der Waals surface area contributed by atoms with E-state index in [1.807, 2.05) is 0 Å². The van der Waals surface area contributed by atoms with Crippen LogP contribution < -0.4 is 22.9 Å². The molecule has 178 valence electrons. The second kappa shape index (κ2) is 17.0. The van der Waals surface area contributed by atoms with E-state index in [2.05, 4.69) is 0 Å². The summed E-state index contributed by atoms with van der Waals surface area (Å²) in [6.07, 6.45) is 2.44. The molecule has 0 saturated carbocycles. The number of unbranched alkanes of at least 4 members (excludes halogenated alkanes) is 1. The topological polar surface area (TPSA) is 236 Å². The van der Waals surface area contributed by atoms with Crippen LogP contribution in [0.15, 0.2) is 24.3 Å². The number of phenolic OH excluding ortho intramolecular Hbond substituents is 1. The Morgan fingerprint density at radius 3 is 1.65 bits per heavy atom. The molecular weight excluding hydrogens is 408 g/mol. The zero-order valence-electron chi connectivity index (χ0n) is 18.0. The summed E-state index contributed by atoms with van der Waals surface area (Å²) in [4.78, 5) is 30.5. The van der Waals surface area contributed by atoms with Crippen LogP contribution in [0.1, 0.15) is 38.7 Å². The van der Waals surface area contributed by atoms with Gasteiger partial charge in [-0.25, -0.2) is 0 Å². The van der Waals surface area contributed by atoms with Crippen LogP contribution >= 0.6 is 0 Å². The third kappa shape index (κ3) is 16.7. The Hall–Kier alpha value is -2.73. The van der Waals surface area contributed by atoms with E-state index in [0.29, 0.717) is 13.0 Å². The monoisotopic (exact) mass is 444 g/mol. The third-order valence-corrected chi connectivity index (χ3v) is 4.00. The Bertz CT molecular complexity index is 653. The van der Waals surface area contributed by atoms with Crippen molar-refractivity contribution in [1.29, 1.82) is 0 Å². The molecule has 0 heterocycles. The highest BCUT2D eigenvalue weighted by atomic mass is 16.4. The van der Waals surface area contributed by atoms with Crippen molar-refractivity contribution >= 4 is 17.9 Å².